The van der Waals surface area contributed by atoms with Gasteiger partial charge in [0.25, 0.3) is 0 Å². The number of ether oxygens (including phenoxy) is 2. The number of carbonyl (C=O) groups is 1. The van der Waals surface area contributed by atoms with E-state index in [4.69, 9.17) is 32.7 Å². The molecular formula is C23H21Cl2NO3. The van der Waals surface area contributed by atoms with Crippen molar-refractivity contribution in [2.24, 2.45) is 17.3 Å². The number of hydrogen-bond acceptors (Lipinski definition) is 4. The molecule has 0 radical (unpaired) electrons. The van der Waals surface area contributed by atoms with Crippen LogP contribution in [0.3, 0.4) is 0 Å². The van der Waals surface area contributed by atoms with E-state index >= 15 is 0 Å². The molecule has 0 saturated heterocycles. The Bertz CT molecular complexity index is 975. The fourth-order valence-electron chi connectivity index (χ4n) is 3.44. The fraction of sp³-hybridized carbons (Fsp3) is 0.304. The van der Waals surface area contributed by atoms with Gasteiger partial charge in [-0.25, -0.2) is 0 Å². The summed E-state index contributed by atoms with van der Waals surface area (Å²) in [6.45, 7) is 5.79. The lowest BCUT2D eigenvalue weighted by atomic mass is 10.1. The number of benzene rings is 2. The van der Waals surface area contributed by atoms with E-state index in [1.54, 1.807) is 18.2 Å². The fourth-order valence-corrected chi connectivity index (χ4v) is 3.71. The third-order valence-electron chi connectivity index (χ3n) is 5.31. The molecule has 0 aromatic heterocycles. The highest BCUT2D eigenvalue weighted by Gasteiger charge is 2.62. The average Bonchev–Trinajstić information content (AvgIpc) is 3.21. The highest BCUT2D eigenvalue weighted by molar-refractivity contribution is 6.55. The van der Waals surface area contributed by atoms with Crippen molar-refractivity contribution < 1.29 is 14.3 Å². The molecule has 1 aliphatic carbocycles. The van der Waals surface area contributed by atoms with E-state index in [2.05, 4.69) is 6.07 Å². The van der Waals surface area contributed by atoms with Gasteiger partial charge in [-0.05, 0) is 48.1 Å². The van der Waals surface area contributed by atoms with Crippen LogP contribution in [0.2, 0.25) is 0 Å². The Morgan fingerprint density at radius 2 is 1.90 bits per heavy atom. The highest BCUT2D eigenvalue weighted by Crippen LogP contribution is 2.60. The number of nitrogens with zero attached hydrogens (tertiary/aromatic N) is 1. The second kappa shape index (κ2) is 8.49. The molecule has 4 nitrogen and oxygen atoms in total. The van der Waals surface area contributed by atoms with Crippen LogP contribution in [0.4, 0.5) is 0 Å². The summed E-state index contributed by atoms with van der Waals surface area (Å²) in [6.07, 6.45) is 0.613. The van der Waals surface area contributed by atoms with Crippen LogP contribution in [-0.2, 0) is 9.53 Å². The van der Waals surface area contributed by atoms with Gasteiger partial charge in [0.2, 0.25) is 6.10 Å². The smallest absolute Gasteiger partial charge is 0.311 e. The number of aryl methyl sites for hydroxylation is 1. The number of para-hydroxylation sites is 1. The molecule has 1 saturated carbocycles. The second-order valence-corrected chi connectivity index (χ2v) is 8.68. The predicted octanol–water partition coefficient (Wildman–Crippen LogP) is 6.49. The summed E-state index contributed by atoms with van der Waals surface area (Å²) in [6, 6.07) is 16.7. The van der Waals surface area contributed by atoms with Crippen LogP contribution in [0.25, 0.3) is 0 Å². The Morgan fingerprint density at radius 1 is 1.21 bits per heavy atom. The summed E-state index contributed by atoms with van der Waals surface area (Å²) in [5, 5.41) is 9.60. The Labute approximate surface area is 180 Å². The normalized spacial score (nSPS) is 20.1. The lowest BCUT2D eigenvalue weighted by molar-refractivity contribution is -0.149. The number of allylic oxidation sites excluding steroid dienone is 1. The standard InChI is InChI=1S/C23H21Cl2NO3/c1-14-9-10-15(11-18(14)28-16-7-5-4-6-8-16)19(13-26)29-22(27)21-17(12-20(24)25)23(21,2)3/h4-12,17,19,21H,1-3H3. The maximum atomic E-state index is 12.7. The number of hydrogen-bond donors (Lipinski definition) is 0. The van der Waals surface area contributed by atoms with Crippen LogP contribution in [-0.4, -0.2) is 5.97 Å². The molecule has 3 rings (SSSR count). The van der Waals surface area contributed by atoms with Crippen molar-refractivity contribution >= 4 is 29.2 Å². The lowest BCUT2D eigenvalue weighted by Gasteiger charge is -2.15. The van der Waals surface area contributed by atoms with Crippen molar-refractivity contribution in [3.63, 3.8) is 0 Å². The molecule has 0 heterocycles. The molecule has 1 fully saturated rings. The molecule has 3 atom stereocenters. The number of carbonyl (C=O) groups excluding carboxylic acids is 1. The molecule has 0 amide bonds. The minimum absolute atomic E-state index is 0.116. The van der Waals surface area contributed by atoms with Crippen LogP contribution in [0.15, 0.2) is 59.1 Å². The quantitative estimate of drug-likeness (QED) is 0.492. The van der Waals surface area contributed by atoms with Gasteiger partial charge in [-0.15, -0.1) is 0 Å². The van der Waals surface area contributed by atoms with E-state index in [1.165, 1.54) is 0 Å². The number of rotatable bonds is 6. The minimum Gasteiger partial charge on any atom is -0.457 e. The van der Waals surface area contributed by atoms with Gasteiger partial charge in [0.05, 0.1) is 5.92 Å². The van der Waals surface area contributed by atoms with Crippen molar-refractivity contribution in [3.05, 3.63) is 70.2 Å². The van der Waals surface area contributed by atoms with Gasteiger partial charge in [0.15, 0.2) is 0 Å². The second-order valence-electron chi connectivity index (χ2n) is 7.67. The van der Waals surface area contributed by atoms with Crippen LogP contribution >= 0.6 is 23.2 Å². The molecule has 0 spiro atoms. The maximum Gasteiger partial charge on any atom is 0.311 e. The van der Waals surface area contributed by atoms with E-state index in [-0.39, 0.29) is 15.8 Å². The molecule has 2 aromatic rings. The summed E-state index contributed by atoms with van der Waals surface area (Å²) in [5.41, 5.74) is 1.14. The van der Waals surface area contributed by atoms with Gasteiger partial charge in [-0.3, -0.25) is 4.79 Å². The minimum atomic E-state index is -1.03. The number of nitriles is 1. The maximum absolute atomic E-state index is 12.7. The first-order valence-electron chi connectivity index (χ1n) is 9.20. The third-order valence-corrected chi connectivity index (χ3v) is 5.56. The summed E-state index contributed by atoms with van der Waals surface area (Å²) in [5.74, 6) is 0.339. The van der Waals surface area contributed by atoms with E-state index in [0.29, 0.717) is 17.1 Å². The largest absolute Gasteiger partial charge is 0.457 e. The van der Waals surface area contributed by atoms with Crippen LogP contribution < -0.4 is 4.74 Å². The summed E-state index contributed by atoms with van der Waals surface area (Å²) in [4.78, 5) is 12.7. The van der Waals surface area contributed by atoms with Crippen molar-refractivity contribution in [2.75, 3.05) is 0 Å². The monoisotopic (exact) mass is 429 g/mol. The van der Waals surface area contributed by atoms with Crippen LogP contribution in [0.5, 0.6) is 11.5 Å². The Morgan fingerprint density at radius 3 is 2.52 bits per heavy atom. The zero-order chi connectivity index (χ0) is 21.2. The summed E-state index contributed by atoms with van der Waals surface area (Å²) < 4.78 is 11.6. The first-order valence-corrected chi connectivity index (χ1v) is 9.96. The van der Waals surface area contributed by atoms with Gasteiger partial charge in [0, 0.05) is 5.56 Å². The van der Waals surface area contributed by atoms with Crippen molar-refractivity contribution in [1.29, 1.82) is 5.26 Å². The Balaban J connectivity index is 1.77. The molecule has 0 aliphatic heterocycles. The first kappa shape index (κ1) is 21.2. The SMILES string of the molecule is Cc1ccc(C(C#N)OC(=O)C2C(C=C(Cl)Cl)C2(C)C)cc1Oc1ccccc1. The van der Waals surface area contributed by atoms with Crippen molar-refractivity contribution in [3.8, 4) is 17.6 Å². The van der Waals surface area contributed by atoms with E-state index in [1.807, 2.05) is 57.2 Å². The average molecular weight is 430 g/mol. The molecule has 1 aliphatic rings. The van der Waals surface area contributed by atoms with E-state index in [0.717, 1.165) is 5.56 Å². The van der Waals surface area contributed by atoms with E-state index in [9.17, 15) is 10.1 Å². The molecule has 3 unspecified atom stereocenters. The number of halogens is 2. The van der Waals surface area contributed by atoms with Crippen molar-refractivity contribution in [2.45, 2.75) is 26.9 Å². The molecular weight excluding hydrogens is 409 g/mol. The first-order chi connectivity index (χ1) is 13.7. The topological polar surface area (TPSA) is 59.3 Å². The third kappa shape index (κ3) is 4.75. The Kier molecular flexibility index (Phi) is 6.21. The lowest BCUT2D eigenvalue weighted by Crippen LogP contribution is -2.14. The van der Waals surface area contributed by atoms with E-state index < -0.39 is 18.0 Å². The summed E-state index contributed by atoms with van der Waals surface area (Å²) in [7, 11) is 0. The molecule has 2 aromatic carbocycles. The van der Waals surface area contributed by atoms with Gasteiger partial charge >= 0.3 is 5.97 Å². The Hall–Kier alpha value is -2.48. The molecule has 0 N–H and O–H groups in total. The zero-order valence-electron chi connectivity index (χ0n) is 16.4. The van der Waals surface area contributed by atoms with Gasteiger partial charge in [-0.1, -0.05) is 67.4 Å². The van der Waals surface area contributed by atoms with Gasteiger partial charge in [0.1, 0.15) is 22.1 Å². The number of esters is 1. The highest BCUT2D eigenvalue weighted by atomic mass is 35.5. The molecule has 29 heavy (non-hydrogen) atoms. The summed E-state index contributed by atoms with van der Waals surface area (Å²) >= 11 is 11.5. The van der Waals surface area contributed by atoms with Crippen LogP contribution in [0.1, 0.15) is 31.1 Å². The van der Waals surface area contributed by atoms with Gasteiger partial charge < -0.3 is 9.47 Å². The van der Waals surface area contributed by atoms with Crippen LogP contribution in [0, 0.1) is 35.5 Å². The van der Waals surface area contributed by atoms with Crippen molar-refractivity contribution in [1.82, 2.24) is 0 Å². The zero-order valence-corrected chi connectivity index (χ0v) is 17.9. The molecule has 150 valence electrons. The molecule has 6 heteroatoms. The predicted molar refractivity (Wildman–Crippen MR) is 113 cm³/mol. The van der Waals surface area contributed by atoms with Gasteiger partial charge in [-0.2, -0.15) is 5.26 Å². The molecule has 0 bridgehead atoms.